The molecule has 1 N–H and O–H groups in total. The third kappa shape index (κ3) is 2.87. The van der Waals surface area contributed by atoms with Crippen LogP contribution in [0, 0.1) is 5.82 Å². The van der Waals surface area contributed by atoms with Crippen LogP contribution in [0.4, 0.5) is 4.39 Å². The third-order valence-electron chi connectivity index (χ3n) is 1.87. The monoisotopic (exact) mass is 241 g/mol. The minimum Gasteiger partial charge on any atom is -0.459 e. The molecule has 2 aromatic heterocycles. The summed E-state index contributed by atoms with van der Waals surface area (Å²) in [7, 11) is 0. The van der Waals surface area contributed by atoms with Gasteiger partial charge < -0.3 is 14.1 Å². The number of H-pyrrole nitrogens is 1. The second-order valence-corrected chi connectivity index (χ2v) is 3.46. The molecule has 4 nitrogen and oxygen atoms in total. The molecule has 2 heterocycles. The van der Waals surface area contributed by atoms with Crippen molar-refractivity contribution in [3.05, 3.63) is 23.8 Å². The first-order chi connectivity index (χ1) is 8.08. The van der Waals surface area contributed by atoms with E-state index in [1.165, 1.54) is 6.07 Å². The summed E-state index contributed by atoms with van der Waals surface area (Å²) < 4.78 is 22.8. The summed E-state index contributed by atoms with van der Waals surface area (Å²) in [4.78, 5) is 14.0. The van der Waals surface area contributed by atoms with Gasteiger partial charge in [0.2, 0.25) is 0 Å². The smallest absolute Gasteiger partial charge is 0.355 e. The lowest BCUT2D eigenvalue weighted by atomic mass is 10.4. The maximum absolute atomic E-state index is 13.0. The number of rotatable bonds is 2. The summed E-state index contributed by atoms with van der Waals surface area (Å²) in [5.74, 6) is -1.04. The van der Waals surface area contributed by atoms with Gasteiger partial charge in [0.15, 0.2) is 11.4 Å². The van der Waals surface area contributed by atoms with E-state index in [9.17, 15) is 9.18 Å². The number of carbonyl (C=O) groups excluding carboxylic acids is 1. The van der Waals surface area contributed by atoms with Gasteiger partial charge in [-0.2, -0.15) is 0 Å². The standard InChI is InChI=1S/C10H10FNO3.C2H6/c1-5(2)15-10(13)7-3-8-9(12-7)6(11)4-14-8;1-2/h3-5,12H,1-2H3;1-2H3. The fourth-order valence-electron chi connectivity index (χ4n) is 1.27. The number of halogens is 1. The van der Waals surface area contributed by atoms with Crippen LogP contribution < -0.4 is 0 Å². The summed E-state index contributed by atoms with van der Waals surface area (Å²) in [6.07, 6.45) is 0.774. The molecule has 0 bridgehead atoms. The Kier molecular flexibility index (Phi) is 4.31. The molecule has 0 aliphatic carbocycles. The van der Waals surface area contributed by atoms with Gasteiger partial charge in [-0.05, 0) is 13.8 Å². The van der Waals surface area contributed by atoms with E-state index < -0.39 is 11.8 Å². The molecule has 0 unspecified atom stereocenters. The lowest BCUT2D eigenvalue weighted by molar-refractivity contribution is 0.0372. The topological polar surface area (TPSA) is 55.2 Å². The zero-order valence-electron chi connectivity index (χ0n) is 10.3. The Morgan fingerprint density at radius 2 is 2.12 bits per heavy atom. The molecule has 0 spiro atoms. The number of ether oxygens (including phenoxy) is 1. The summed E-state index contributed by atoms with van der Waals surface area (Å²) in [5, 5.41) is 0. The van der Waals surface area contributed by atoms with Gasteiger partial charge in [-0.3, -0.25) is 0 Å². The molecule has 0 radical (unpaired) electrons. The largest absolute Gasteiger partial charge is 0.459 e. The normalized spacial score (nSPS) is 10.2. The van der Waals surface area contributed by atoms with Crippen molar-refractivity contribution in [3.63, 3.8) is 0 Å². The molecule has 2 rings (SSSR count). The van der Waals surface area contributed by atoms with Crippen LogP contribution in [0.5, 0.6) is 0 Å². The van der Waals surface area contributed by atoms with Gasteiger partial charge in [0.05, 0.1) is 6.10 Å². The molecule has 0 aliphatic heterocycles. The number of aromatic amines is 1. The first kappa shape index (κ1) is 13.3. The minimum atomic E-state index is -0.520. The van der Waals surface area contributed by atoms with Crippen LogP contribution in [0.1, 0.15) is 38.2 Å². The number of nitrogens with one attached hydrogen (secondary N) is 1. The van der Waals surface area contributed by atoms with Gasteiger partial charge in [0.25, 0.3) is 0 Å². The number of aromatic nitrogens is 1. The van der Waals surface area contributed by atoms with Crippen molar-refractivity contribution in [2.45, 2.75) is 33.8 Å². The quantitative estimate of drug-likeness (QED) is 0.819. The average Bonchev–Trinajstić information content (AvgIpc) is 2.83. The van der Waals surface area contributed by atoms with Gasteiger partial charge in [-0.1, -0.05) is 13.8 Å². The highest BCUT2D eigenvalue weighted by atomic mass is 19.1. The van der Waals surface area contributed by atoms with Crippen molar-refractivity contribution in [3.8, 4) is 0 Å². The Hall–Kier alpha value is -1.78. The predicted molar refractivity (Wildman–Crippen MR) is 62.4 cm³/mol. The maximum atomic E-state index is 13.0. The minimum absolute atomic E-state index is 0.186. The molecule has 0 atom stereocenters. The Bertz CT molecular complexity index is 499. The average molecular weight is 241 g/mol. The van der Waals surface area contributed by atoms with Crippen molar-refractivity contribution in [2.24, 2.45) is 0 Å². The van der Waals surface area contributed by atoms with Crippen LogP contribution in [-0.4, -0.2) is 17.1 Å². The van der Waals surface area contributed by atoms with Crippen molar-refractivity contribution in [2.75, 3.05) is 0 Å². The fraction of sp³-hybridized carbons (Fsp3) is 0.417. The van der Waals surface area contributed by atoms with E-state index in [4.69, 9.17) is 9.15 Å². The van der Waals surface area contributed by atoms with Gasteiger partial charge in [-0.15, -0.1) is 0 Å². The van der Waals surface area contributed by atoms with E-state index >= 15 is 0 Å². The third-order valence-corrected chi connectivity index (χ3v) is 1.87. The number of hydrogen-bond donors (Lipinski definition) is 1. The van der Waals surface area contributed by atoms with E-state index in [2.05, 4.69) is 4.98 Å². The summed E-state index contributed by atoms with van der Waals surface area (Å²) in [6.45, 7) is 7.48. The number of carbonyl (C=O) groups is 1. The second kappa shape index (κ2) is 5.52. The Balaban J connectivity index is 0.000000686. The van der Waals surface area contributed by atoms with Crippen LogP contribution >= 0.6 is 0 Å². The zero-order chi connectivity index (χ0) is 13.0. The van der Waals surface area contributed by atoms with Gasteiger partial charge in [0.1, 0.15) is 17.5 Å². The molecule has 0 aromatic carbocycles. The zero-order valence-corrected chi connectivity index (χ0v) is 10.3. The lowest BCUT2D eigenvalue weighted by Gasteiger charge is -2.05. The molecule has 17 heavy (non-hydrogen) atoms. The second-order valence-electron chi connectivity index (χ2n) is 3.46. The van der Waals surface area contributed by atoms with Crippen LogP contribution in [0.2, 0.25) is 0 Å². The summed E-state index contributed by atoms with van der Waals surface area (Å²) in [6, 6.07) is 1.42. The Morgan fingerprint density at radius 3 is 2.65 bits per heavy atom. The highest BCUT2D eigenvalue weighted by Crippen LogP contribution is 2.20. The number of fused-ring (bicyclic) bond motifs is 1. The maximum Gasteiger partial charge on any atom is 0.355 e. The molecular formula is C12H16FNO3. The van der Waals surface area contributed by atoms with Crippen LogP contribution in [0.25, 0.3) is 11.1 Å². The number of hydrogen-bond acceptors (Lipinski definition) is 3. The Morgan fingerprint density at radius 1 is 1.47 bits per heavy atom. The number of esters is 1. The molecule has 94 valence electrons. The fourth-order valence-corrected chi connectivity index (χ4v) is 1.27. The highest BCUT2D eigenvalue weighted by molar-refractivity contribution is 5.93. The first-order valence-corrected chi connectivity index (χ1v) is 5.54. The molecule has 0 aliphatic rings. The highest BCUT2D eigenvalue weighted by Gasteiger charge is 2.16. The van der Waals surface area contributed by atoms with E-state index in [1.807, 2.05) is 13.8 Å². The molecule has 0 saturated carbocycles. The van der Waals surface area contributed by atoms with Crippen molar-refractivity contribution >= 4 is 17.1 Å². The molecular weight excluding hydrogens is 225 g/mol. The van der Waals surface area contributed by atoms with E-state index in [0.29, 0.717) is 5.58 Å². The summed E-state index contributed by atoms with van der Waals surface area (Å²) in [5.41, 5.74) is 0.686. The van der Waals surface area contributed by atoms with Gasteiger partial charge >= 0.3 is 5.97 Å². The van der Waals surface area contributed by atoms with E-state index in [-0.39, 0.29) is 17.3 Å². The van der Waals surface area contributed by atoms with E-state index in [1.54, 1.807) is 13.8 Å². The Labute approximate surface area is 98.8 Å². The summed E-state index contributed by atoms with van der Waals surface area (Å²) >= 11 is 0. The van der Waals surface area contributed by atoms with Crippen molar-refractivity contribution in [1.82, 2.24) is 4.98 Å². The van der Waals surface area contributed by atoms with Crippen molar-refractivity contribution in [1.29, 1.82) is 0 Å². The molecule has 0 saturated heterocycles. The SMILES string of the molecule is CC.CC(C)OC(=O)c1cc2occ(F)c2[nH]1. The predicted octanol–water partition coefficient (Wildman–Crippen LogP) is 3.49. The number of furan rings is 1. The molecule has 5 heteroatoms. The lowest BCUT2D eigenvalue weighted by Crippen LogP contribution is -2.11. The molecule has 2 aromatic rings. The van der Waals surface area contributed by atoms with E-state index in [0.717, 1.165) is 6.26 Å². The molecule has 0 amide bonds. The van der Waals surface area contributed by atoms with Gasteiger partial charge in [-0.25, -0.2) is 9.18 Å². The van der Waals surface area contributed by atoms with Crippen LogP contribution in [0.15, 0.2) is 16.7 Å². The molecule has 0 fully saturated rings. The van der Waals surface area contributed by atoms with Crippen LogP contribution in [0.3, 0.4) is 0 Å². The van der Waals surface area contributed by atoms with Crippen LogP contribution in [-0.2, 0) is 4.74 Å². The van der Waals surface area contributed by atoms with Crippen molar-refractivity contribution < 1.29 is 18.3 Å². The van der Waals surface area contributed by atoms with Gasteiger partial charge in [0, 0.05) is 6.07 Å². The first-order valence-electron chi connectivity index (χ1n) is 5.54.